The molecule has 0 amide bonds. The lowest BCUT2D eigenvalue weighted by atomic mass is 10.2. The maximum absolute atomic E-state index is 4.07. The topological polar surface area (TPSA) is 37.8 Å². The SMILES string of the molecule is C1=CNCC1.c1ccc2ncncc2c1. The summed E-state index contributed by atoms with van der Waals surface area (Å²) in [5.74, 6) is 0. The first-order chi connectivity index (χ1) is 7.47. The van der Waals surface area contributed by atoms with E-state index >= 15 is 0 Å². The Kier molecular flexibility index (Phi) is 3.28. The molecule has 1 N–H and O–H groups in total. The smallest absolute Gasteiger partial charge is 0.116 e. The summed E-state index contributed by atoms with van der Waals surface area (Å²) in [6.07, 6.45) is 8.69. The zero-order chi connectivity index (χ0) is 10.3. The van der Waals surface area contributed by atoms with Gasteiger partial charge in [-0.1, -0.05) is 24.3 Å². The van der Waals surface area contributed by atoms with Gasteiger partial charge in [-0.25, -0.2) is 9.97 Å². The molecule has 1 aromatic heterocycles. The molecule has 0 fully saturated rings. The molecule has 3 nitrogen and oxygen atoms in total. The molecule has 0 unspecified atom stereocenters. The van der Waals surface area contributed by atoms with Crippen LogP contribution < -0.4 is 5.32 Å². The number of nitrogens with zero attached hydrogens (tertiary/aromatic N) is 2. The first kappa shape index (κ1) is 9.65. The second-order valence-corrected chi connectivity index (χ2v) is 3.23. The van der Waals surface area contributed by atoms with E-state index in [1.165, 1.54) is 6.42 Å². The number of aromatic nitrogens is 2. The van der Waals surface area contributed by atoms with Crippen LogP contribution in [0.1, 0.15) is 6.42 Å². The van der Waals surface area contributed by atoms with E-state index in [4.69, 9.17) is 0 Å². The highest BCUT2D eigenvalue weighted by atomic mass is 14.8. The van der Waals surface area contributed by atoms with Gasteiger partial charge >= 0.3 is 0 Å². The maximum Gasteiger partial charge on any atom is 0.116 e. The van der Waals surface area contributed by atoms with E-state index in [0.717, 1.165) is 17.4 Å². The van der Waals surface area contributed by atoms with Gasteiger partial charge in [-0.3, -0.25) is 0 Å². The van der Waals surface area contributed by atoms with Crippen molar-refractivity contribution < 1.29 is 0 Å². The molecule has 1 aliphatic heterocycles. The van der Waals surface area contributed by atoms with Gasteiger partial charge in [0.25, 0.3) is 0 Å². The first-order valence-corrected chi connectivity index (χ1v) is 5.00. The van der Waals surface area contributed by atoms with Crippen LogP contribution in [-0.4, -0.2) is 16.5 Å². The fraction of sp³-hybridized carbons (Fsp3) is 0.167. The van der Waals surface area contributed by atoms with E-state index in [1.54, 1.807) is 6.33 Å². The summed E-state index contributed by atoms with van der Waals surface area (Å²) >= 11 is 0. The van der Waals surface area contributed by atoms with E-state index in [2.05, 4.69) is 21.4 Å². The lowest BCUT2D eigenvalue weighted by molar-refractivity contribution is 0.917. The van der Waals surface area contributed by atoms with Crippen LogP contribution in [0.15, 0.2) is 49.1 Å². The zero-order valence-electron chi connectivity index (χ0n) is 8.43. The van der Waals surface area contributed by atoms with Gasteiger partial charge in [-0.15, -0.1) is 0 Å². The second kappa shape index (κ2) is 5.10. The highest BCUT2D eigenvalue weighted by molar-refractivity contribution is 5.76. The molecule has 76 valence electrons. The number of hydrogen-bond acceptors (Lipinski definition) is 3. The number of rotatable bonds is 0. The molecule has 1 aliphatic rings. The third-order valence-corrected chi connectivity index (χ3v) is 2.10. The molecule has 2 aromatic rings. The molecule has 0 saturated heterocycles. The molecular weight excluding hydrogens is 186 g/mol. The molecule has 0 spiro atoms. The summed E-state index contributed by atoms with van der Waals surface area (Å²) in [5, 5.41) is 4.13. The summed E-state index contributed by atoms with van der Waals surface area (Å²) in [6.45, 7) is 1.14. The van der Waals surface area contributed by atoms with Crippen LogP contribution >= 0.6 is 0 Å². The standard InChI is InChI=1S/C8H6N2.C4H7N/c1-2-4-8-7(3-1)5-9-6-10-8;1-2-4-5-3-1/h1-6H;1,3,5H,2,4H2. The fourth-order valence-corrected chi connectivity index (χ4v) is 1.34. The minimum atomic E-state index is 0.998. The van der Waals surface area contributed by atoms with Crippen molar-refractivity contribution in [3.05, 3.63) is 49.1 Å². The van der Waals surface area contributed by atoms with E-state index in [-0.39, 0.29) is 0 Å². The van der Waals surface area contributed by atoms with Crippen LogP contribution in [-0.2, 0) is 0 Å². The Bertz CT molecular complexity index is 380. The maximum atomic E-state index is 4.07. The van der Waals surface area contributed by atoms with E-state index in [9.17, 15) is 0 Å². The van der Waals surface area contributed by atoms with E-state index in [1.807, 2.05) is 36.7 Å². The summed E-state index contributed by atoms with van der Waals surface area (Å²) < 4.78 is 0. The zero-order valence-corrected chi connectivity index (χ0v) is 8.43. The molecule has 0 saturated carbocycles. The lowest BCUT2D eigenvalue weighted by Crippen LogP contribution is -1.96. The summed E-state index contributed by atoms with van der Waals surface area (Å²) in [6, 6.07) is 7.91. The van der Waals surface area contributed by atoms with Crippen molar-refractivity contribution >= 4 is 10.9 Å². The van der Waals surface area contributed by atoms with Gasteiger partial charge in [0.1, 0.15) is 6.33 Å². The van der Waals surface area contributed by atoms with Crippen LogP contribution in [0.5, 0.6) is 0 Å². The largest absolute Gasteiger partial charge is 0.391 e. The monoisotopic (exact) mass is 199 g/mol. The molecule has 3 rings (SSSR count). The normalized spacial score (nSPS) is 13.1. The molecule has 1 aromatic carbocycles. The van der Waals surface area contributed by atoms with Gasteiger partial charge in [-0.2, -0.15) is 0 Å². The molecule has 0 bridgehead atoms. The quantitative estimate of drug-likeness (QED) is 0.706. The predicted molar refractivity (Wildman–Crippen MR) is 61.3 cm³/mol. The third kappa shape index (κ3) is 2.77. The Morgan fingerprint density at radius 3 is 2.80 bits per heavy atom. The highest BCUT2D eigenvalue weighted by Crippen LogP contribution is 2.06. The van der Waals surface area contributed by atoms with Crippen molar-refractivity contribution in [2.24, 2.45) is 0 Å². The molecule has 2 heterocycles. The van der Waals surface area contributed by atoms with Crippen molar-refractivity contribution in [1.82, 2.24) is 15.3 Å². The highest BCUT2D eigenvalue weighted by Gasteiger charge is 1.87. The summed E-state index contributed by atoms with van der Waals surface area (Å²) in [5.41, 5.74) is 0.998. The van der Waals surface area contributed by atoms with Gasteiger partial charge in [-0.05, 0) is 18.7 Å². The minimum absolute atomic E-state index is 0.998. The van der Waals surface area contributed by atoms with Crippen molar-refractivity contribution in [3.63, 3.8) is 0 Å². The van der Waals surface area contributed by atoms with Gasteiger partial charge in [0.05, 0.1) is 5.52 Å². The van der Waals surface area contributed by atoms with Crippen LogP contribution in [0.25, 0.3) is 10.9 Å². The Morgan fingerprint density at radius 2 is 2.13 bits per heavy atom. The number of hydrogen-bond donors (Lipinski definition) is 1. The van der Waals surface area contributed by atoms with Gasteiger partial charge in [0.2, 0.25) is 0 Å². The predicted octanol–water partition coefficient (Wildman–Crippen LogP) is 2.12. The molecule has 0 aliphatic carbocycles. The molecule has 0 atom stereocenters. The Labute approximate surface area is 88.9 Å². The van der Waals surface area contributed by atoms with Crippen molar-refractivity contribution in [2.75, 3.05) is 6.54 Å². The average molecular weight is 199 g/mol. The summed E-state index contributed by atoms with van der Waals surface area (Å²) in [7, 11) is 0. The fourth-order valence-electron chi connectivity index (χ4n) is 1.34. The van der Waals surface area contributed by atoms with Gasteiger partial charge in [0.15, 0.2) is 0 Å². The molecular formula is C12H13N3. The minimum Gasteiger partial charge on any atom is -0.391 e. The summed E-state index contributed by atoms with van der Waals surface area (Å²) in [4.78, 5) is 7.97. The van der Waals surface area contributed by atoms with Crippen LogP contribution in [0.3, 0.4) is 0 Å². The first-order valence-electron chi connectivity index (χ1n) is 5.00. The van der Waals surface area contributed by atoms with Crippen molar-refractivity contribution in [1.29, 1.82) is 0 Å². The van der Waals surface area contributed by atoms with Crippen LogP contribution in [0, 0.1) is 0 Å². The van der Waals surface area contributed by atoms with Crippen LogP contribution in [0.2, 0.25) is 0 Å². The molecule has 0 radical (unpaired) electrons. The molecule has 3 heteroatoms. The Morgan fingerprint density at radius 1 is 1.20 bits per heavy atom. The van der Waals surface area contributed by atoms with Gasteiger partial charge < -0.3 is 5.32 Å². The van der Waals surface area contributed by atoms with E-state index < -0.39 is 0 Å². The van der Waals surface area contributed by atoms with Crippen molar-refractivity contribution in [2.45, 2.75) is 6.42 Å². The lowest BCUT2D eigenvalue weighted by Gasteiger charge is -1.90. The number of para-hydroxylation sites is 1. The van der Waals surface area contributed by atoms with E-state index in [0.29, 0.717) is 0 Å². The number of benzene rings is 1. The van der Waals surface area contributed by atoms with Crippen molar-refractivity contribution in [3.8, 4) is 0 Å². The number of fused-ring (bicyclic) bond motifs is 1. The third-order valence-electron chi connectivity index (χ3n) is 2.10. The Balaban J connectivity index is 0.000000144. The number of nitrogens with one attached hydrogen (secondary N) is 1. The van der Waals surface area contributed by atoms with Crippen LogP contribution in [0.4, 0.5) is 0 Å². The Hall–Kier alpha value is -1.90. The average Bonchev–Trinajstić information content (AvgIpc) is 2.88. The van der Waals surface area contributed by atoms with Gasteiger partial charge in [0, 0.05) is 18.1 Å². The second-order valence-electron chi connectivity index (χ2n) is 3.23. The molecule has 15 heavy (non-hydrogen) atoms.